The molecule has 82 valence electrons. The quantitative estimate of drug-likeness (QED) is 0.779. The van der Waals surface area contributed by atoms with Crippen LogP contribution in [0.2, 0.25) is 5.02 Å². The zero-order valence-corrected chi connectivity index (χ0v) is 9.56. The highest BCUT2D eigenvalue weighted by Crippen LogP contribution is 2.33. The Bertz CT molecular complexity index is 402. The number of aromatic hydroxyl groups is 1. The molecule has 0 amide bonds. The van der Waals surface area contributed by atoms with Crippen LogP contribution in [0.4, 0.5) is 0 Å². The summed E-state index contributed by atoms with van der Waals surface area (Å²) in [5, 5.41) is 9.95. The summed E-state index contributed by atoms with van der Waals surface area (Å²) >= 11 is 5.90. The van der Waals surface area contributed by atoms with E-state index in [1.54, 1.807) is 13.0 Å². The zero-order valence-electron chi connectivity index (χ0n) is 8.80. The van der Waals surface area contributed by atoms with Crippen LogP contribution in [0.25, 0.3) is 0 Å². The number of carbonyl (C=O) groups excluding carboxylic acids is 1. The Hall–Kier alpha value is -1.06. The molecule has 0 fully saturated rings. The predicted molar refractivity (Wildman–Crippen MR) is 60.6 cm³/mol. The molecule has 0 saturated carbocycles. The first-order valence-corrected chi connectivity index (χ1v) is 5.08. The number of hydrogen-bond acceptors (Lipinski definition) is 3. The van der Waals surface area contributed by atoms with Gasteiger partial charge in [0, 0.05) is 6.42 Å². The molecule has 3 N–H and O–H groups in total. The molecule has 1 aromatic carbocycles. The lowest BCUT2D eigenvalue weighted by atomic mass is 10.0. The van der Waals surface area contributed by atoms with Crippen molar-refractivity contribution < 1.29 is 9.90 Å². The van der Waals surface area contributed by atoms with E-state index in [0.717, 1.165) is 11.1 Å². The topological polar surface area (TPSA) is 63.3 Å². The van der Waals surface area contributed by atoms with Crippen molar-refractivity contribution in [3.05, 3.63) is 27.8 Å². The van der Waals surface area contributed by atoms with Crippen molar-refractivity contribution in [2.45, 2.75) is 20.3 Å². The number of aryl methyl sites for hydroxylation is 1. The van der Waals surface area contributed by atoms with Crippen LogP contribution >= 0.6 is 11.6 Å². The molecule has 0 atom stereocenters. The van der Waals surface area contributed by atoms with Crippen LogP contribution in [-0.2, 0) is 0 Å². The summed E-state index contributed by atoms with van der Waals surface area (Å²) in [6.07, 6.45) is 0.215. The van der Waals surface area contributed by atoms with Crippen molar-refractivity contribution in [2.24, 2.45) is 5.73 Å². The van der Waals surface area contributed by atoms with E-state index in [1.807, 2.05) is 6.92 Å². The van der Waals surface area contributed by atoms with E-state index in [0.29, 0.717) is 0 Å². The molecule has 0 heterocycles. The maximum atomic E-state index is 11.6. The standard InChI is InChI=1S/C11H14ClNO2/c1-6-5-8(9(14)3-4-13)11(15)10(12)7(6)2/h5,15H,3-4,13H2,1-2H3. The molecule has 4 heteroatoms. The maximum absolute atomic E-state index is 11.6. The molecule has 0 spiro atoms. The lowest BCUT2D eigenvalue weighted by Gasteiger charge is -2.10. The molecule has 0 aliphatic heterocycles. The Balaban J connectivity index is 3.26. The van der Waals surface area contributed by atoms with Crippen LogP contribution in [-0.4, -0.2) is 17.4 Å². The first kappa shape index (κ1) is 12.0. The van der Waals surface area contributed by atoms with E-state index in [9.17, 15) is 9.90 Å². The summed E-state index contributed by atoms with van der Waals surface area (Å²) in [7, 11) is 0. The molecular formula is C11H14ClNO2. The molecule has 1 rings (SSSR count). The summed E-state index contributed by atoms with van der Waals surface area (Å²) in [5.74, 6) is -0.321. The van der Waals surface area contributed by atoms with Gasteiger partial charge in [-0.15, -0.1) is 0 Å². The minimum atomic E-state index is -0.181. The lowest BCUT2D eigenvalue weighted by molar-refractivity contribution is 0.0983. The fourth-order valence-corrected chi connectivity index (χ4v) is 1.59. The van der Waals surface area contributed by atoms with Gasteiger partial charge in [0.25, 0.3) is 0 Å². The van der Waals surface area contributed by atoms with Gasteiger partial charge in [0.05, 0.1) is 10.6 Å². The van der Waals surface area contributed by atoms with Crippen molar-refractivity contribution >= 4 is 17.4 Å². The summed E-state index contributed by atoms with van der Waals surface area (Å²) in [6, 6.07) is 1.65. The van der Waals surface area contributed by atoms with Crippen LogP contribution in [0.5, 0.6) is 5.75 Å². The van der Waals surface area contributed by atoms with Gasteiger partial charge in [-0.2, -0.15) is 0 Å². The highest BCUT2D eigenvalue weighted by Gasteiger charge is 2.16. The van der Waals surface area contributed by atoms with E-state index >= 15 is 0 Å². The molecule has 1 aromatic rings. The second-order valence-corrected chi connectivity index (χ2v) is 3.87. The number of carbonyl (C=O) groups is 1. The number of phenols is 1. The van der Waals surface area contributed by atoms with E-state index in [1.165, 1.54) is 0 Å². The lowest BCUT2D eigenvalue weighted by Crippen LogP contribution is -2.09. The van der Waals surface area contributed by atoms with E-state index < -0.39 is 0 Å². The maximum Gasteiger partial charge on any atom is 0.167 e. The van der Waals surface area contributed by atoms with E-state index in [-0.39, 0.29) is 35.1 Å². The summed E-state index contributed by atoms with van der Waals surface area (Å²) in [6.45, 7) is 3.91. The molecule has 0 bridgehead atoms. The molecule has 3 nitrogen and oxygen atoms in total. The Kier molecular flexibility index (Phi) is 3.72. The molecule has 0 aliphatic rings. The van der Waals surface area contributed by atoms with Crippen LogP contribution in [0.15, 0.2) is 6.07 Å². The molecule has 0 unspecified atom stereocenters. The number of nitrogens with two attached hydrogens (primary N) is 1. The number of Topliss-reactive ketones (excluding diaryl/α,β-unsaturated/α-hetero) is 1. The third-order valence-electron chi connectivity index (χ3n) is 2.42. The van der Waals surface area contributed by atoms with Gasteiger partial charge in [0.1, 0.15) is 5.75 Å². The smallest absolute Gasteiger partial charge is 0.167 e. The predicted octanol–water partition coefficient (Wildman–Crippen LogP) is 2.19. The highest BCUT2D eigenvalue weighted by molar-refractivity contribution is 6.33. The van der Waals surface area contributed by atoms with Crippen molar-refractivity contribution in [3.8, 4) is 5.75 Å². The van der Waals surface area contributed by atoms with Gasteiger partial charge in [-0.05, 0) is 37.6 Å². The number of benzene rings is 1. The SMILES string of the molecule is Cc1cc(C(=O)CCN)c(O)c(Cl)c1C. The van der Waals surface area contributed by atoms with E-state index in [2.05, 4.69) is 0 Å². The van der Waals surface area contributed by atoms with Crippen LogP contribution in [0.1, 0.15) is 27.9 Å². The Morgan fingerprint density at radius 1 is 1.53 bits per heavy atom. The fraction of sp³-hybridized carbons (Fsp3) is 0.364. The van der Waals surface area contributed by atoms with Crippen molar-refractivity contribution in [2.75, 3.05) is 6.54 Å². The summed E-state index contributed by atoms with van der Waals surface area (Å²) in [5.41, 5.74) is 7.22. The minimum absolute atomic E-state index is 0.141. The average Bonchev–Trinajstić information content (AvgIpc) is 2.20. The third-order valence-corrected chi connectivity index (χ3v) is 2.88. The Morgan fingerprint density at radius 2 is 2.13 bits per heavy atom. The first-order chi connectivity index (χ1) is 6.99. The van der Waals surface area contributed by atoms with Gasteiger partial charge in [0.15, 0.2) is 5.78 Å². The number of ketones is 1. The van der Waals surface area contributed by atoms with Crippen LogP contribution in [0, 0.1) is 13.8 Å². The van der Waals surface area contributed by atoms with Gasteiger partial charge in [-0.1, -0.05) is 11.6 Å². The first-order valence-electron chi connectivity index (χ1n) is 4.71. The molecular weight excluding hydrogens is 214 g/mol. The minimum Gasteiger partial charge on any atom is -0.506 e. The molecule has 0 aliphatic carbocycles. The fourth-order valence-electron chi connectivity index (χ4n) is 1.34. The number of hydrogen-bond donors (Lipinski definition) is 2. The van der Waals surface area contributed by atoms with Gasteiger partial charge in [0.2, 0.25) is 0 Å². The van der Waals surface area contributed by atoms with Gasteiger partial charge in [-0.3, -0.25) is 4.79 Å². The average molecular weight is 228 g/mol. The molecule has 0 saturated heterocycles. The van der Waals surface area contributed by atoms with Crippen LogP contribution in [0.3, 0.4) is 0 Å². The van der Waals surface area contributed by atoms with Crippen molar-refractivity contribution in [1.29, 1.82) is 0 Å². The molecule has 15 heavy (non-hydrogen) atoms. The van der Waals surface area contributed by atoms with Crippen LogP contribution < -0.4 is 5.73 Å². The molecule has 0 aromatic heterocycles. The second-order valence-electron chi connectivity index (χ2n) is 3.49. The number of rotatable bonds is 3. The monoisotopic (exact) mass is 227 g/mol. The third kappa shape index (κ3) is 2.30. The van der Waals surface area contributed by atoms with Gasteiger partial charge in [-0.25, -0.2) is 0 Å². The van der Waals surface area contributed by atoms with Crippen molar-refractivity contribution in [1.82, 2.24) is 0 Å². The Labute approximate surface area is 93.9 Å². The highest BCUT2D eigenvalue weighted by atomic mass is 35.5. The van der Waals surface area contributed by atoms with Gasteiger partial charge >= 0.3 is 0 Å². The Morgan fingerprint density at radius 3 is 2.67 bits per heavy atom. The largest absolute Gasteiger partial charge is 0.506 e. The number of halogens is 1. The summed E-state index contributed by atoms with van der Waals surface area (Å²) < 4.78 is 0. The molecule has 0 radical (unpaired) electrons. The number of phenolic OH excluding ortho intramolecular Hbond substituents is 1. The second kappa shape index (κ2) is 4.64. The van der Waals surface area contributed by atoms with E-state index in [4.69, 9.17) is 17.3 Å². The van der Waals surface area contributed by atoms with Crippen molar-refractivity contribution in [3.63, 3.8) is 0 Å². The summed E-state index contributed by atoms with van der Waals surface area (Å²) in [4.78, 5) is 11.6. The normalized spacial score (nSPS) is 10.4. The van der Waals surface area contributed by atoms with Gasteiger partial charge < -0.3 is 10.8 Å². The zero-order chi connectivity index (χ0) is 11.6.